The molecule has 2 heterocycles. The molecule has 2 aliphatic rings. The van der Waals surface area contributed by atoms with Crippen molar-refractivity contribution in [3.8, 4) is 51.4 Å². The molecular weight excluding hydrogens is 613 g/mol. The lowest BCUT2D eigenvalue weighted by atomic mass is 9.54. The number of fused-ring (bicyclic) bond motifs is 5. The summed E-state index contributed by atoms with van der Waals surface area (Å²) in [5.41, 5.74) is 8.50. The minimum atomic E-state index is 0.273. The molecule has 5 nitrogen and oxygen atoms in total. The highest BCUT2D eigenvalue weighted by atomic mass is 16.3. The second-order valence-electron chi connectivity index (χ2n) is 14.8. The van der Waals surface area contributed by atoms with Gasteiger partial charge in [0.15, 0.2) is 17.5 Å². The zero-order valence-electron chi connectivity index (χ0n) is 28.4. The van der Waals surface area contributed by atoms with E-state index in [-0.39, 0.29) is 5.41 Å². The largest absolute Gasteiger partial charge is 0.455 e. The topological polar surface area (TPSA) is 75.6 Å². The molecule has 0 amide bonds. The molecule has 2 aromatic heterocycles. The molecule has 50 heavy (non-hydrogen) atoms. The van der Waals surface area contributed by atoms with Crippen molar-refractivity contribution in [2.24, 2.45) is 17.8 Å². The summed E-state index contributed by atoms with van der Waals surface area (Å²) in [4.78, 5) is 15.1. The molecule has 2 aliphatic carbocycles. The molecule has 1 unspecified atom stereocenters. The first-order chi connectivity index (χ1) is 24.5. The molecule has 2 saturated carbocycles. The maximum Gasteiger partial charge on any atom is 0.164 e. The fourth-order valence-corrected chi connectivity index (χ4v) is 9.36. The first-order valence-electron chi connectivity index (χ1n) is 17.8. The normalized spacial score (nSPS) is 21.7. The maximum atomic E-state index is 9.93. The Bertz CT molecular complexity index is 2400. The summed E-state index contributed by atoms with van der Waals surface area (Å²) in [6, 6.07) is 41.6. The molecule has 0 spiro atoms. The van der Waals surface area contributed by atoms with E-state index in [1.165, 1.54) is 37.7 Å². The Balaban J connectivity index is 1.14. The van der Waals surface area contributed by atoms with E-state index in [2.05, 4.69) is 56.3 Å². The fourth-order valence-electron chi connectivity index (χ4n) is 9.36. The van der Waals surface area contributed by atoms with Crippen LogP contribution in [0.4, 0.5) is 0 Å². The molecular formula is C45H38N4O. The van der Waals surface area contributed by atoms with E-state index in [1.54, 1.807) is 0 Å². The summed E-state index contributed by atoms with van der Waals surface area (Å²) in [5, 5.41) is 11.7. The van der Waals surface area contributed by atoms with Gasteiger partial charge in [-0.2, -0.15) is 5.26 Å². The Morgan fingerprint density at radius 2 is 1.26 bits per heavy atom. The molecule has 0 aliphatic heterocycles. The van der Waals surface area contributed by atoms with Crippen molar-refractivity contribution in [3.05, 3.63) is 126 Å². The SMILES string of the molecule is C[C@@H]1C[C@@H]2C[C@H](C)CC(c3ccc(-c4nc(-c5ccccc5)nc(-c5cccc(-c6ccc(C#N)c7c6oc6ccccc67)c5)n4)cc3)(C1)C2. The van der Waals surface area contributed by atoms with Gasteiger partial charge >= 0.3 is 0 Å². The van der Waals surface area contributed by atoms with E-state index in [4.69, 9.17) is 19.4 Å². The van der Waals surface area contributed by atoms with Gasteiger partial charge in [-0.05, 0) is 90.7 Å². The maximum absolute atomic E-state index is 9.93. The van der Waals surface area contributed by atoms with Gasteiger partial charge in [-0.1, -0.05) is 105 Å². The highest BCUT2D eigenvalue weighted by molar-refractivity contribution is 6.12. The predicted molar refractivity (Wildman–Crippen MR) is 200 cm³/mol. The van der Waals surface area contributed by atoms with E-state index in [1.807, 2.05) is 78.9 Å². The Hall–Kier alpha value is -5.60. The molecule has 2 bridgehead atoms. The number of nitrogens with zero attached hydrogens (tertiary/aromatic N) is 4. The highest BCUT2D eigenvalue weighted by Gasteiger charge is 2.45. The third kappa shape index (κ3) is 5.27. The minimum absolute atomic E-state index is 0.273. The predicted octanol–water partition coefficient (Wildman–Crippen LogP) is 11.4. The number of hydrogen-bond donors (Lipinski definition) is 0. The number of benzene rings is 5. The molecule has 0 saturated heterocycles. The van der Waals surface area contributed by atoms with Crippen LogP contribution in [0.2, 0.25) is 0 Å². The van der Waals surface area contributed by atoms with Crippen LogP contribution in [0.1, 0.15) is 57.1 Å². The van der Waals surface area contributed by atoms with Crippen LogP contribution in [-0.2, 0) is 5.41 Å². The molecule has 244 valence electrons. The summed E-state index contributed by atoms with van der Waals surface area (Å²) in [6.45, 7) is 4.89. The van der Waals surface area contributed by atoms with Crippen molar-refractivity contribution >= 4 is 21.9 Å². The van der Waals surface area contributed by atoms with Gasteiger partial charge in [-0.3, -0.25) is 0 Å². The molecule has 4 atom stereocenters. The quantitative estimate of drug-likeness (QED) is 0.185. The Morgan fingerprint density at radius 3 is 1.98 bits per heavy atom. The van der Waals surface area contributed by atoms with Crippen LogP contribution in [0.5, 0.6) is 0 Å². The average molecular weight is 651 g/mol. The monoisotopic (exact) mass is 650 g/mol. The Labute approximate surface area is 292 Å². The average Bonchev–Trinajstić information content (AvgIpc) is 3.54. The summed E-state index contributed by atoms with van der Waals surface area (Å²) >= 11 is 0. The standard InChI is InChI=1S/C45H38N4O/c1-28-21-30-22-29(2)25-45(24-28,26-30)36-18-15-32(16-19-36)43-47-42(31-9-4-3-5-10-31)48-44(49-43)34-12-8-11-33(23-34)37-20-17-35(27-46)40-38-13-6-7-14-39(38)50-41(37)40/h3-20,23,28-30H,21-22,24-26H2,1-2H3/t28-,29+,30-,45?. The molecule has 5 heteroatoms. The number of rotatable bonds is 5. The molecule has 2 fully saturated rings. The molecule has 0 N–H and O–H groups in total. The van der Waals surface area contributed by atoms with Gasteiger partial charge < -0.3 is 4.42 Å². The van der Waals surface area contributed by atoms with Gasteiger partial charge in [0, 0.05) is 33.0 Å². The summed E-state index contributed by atoms with van der Waals surface area (Å²) in [5.74, 6) is 4.28. The lowest BCUT2D eigenvalue weighted by Gasteiger charge is -2.50. The van der Waals surface area contributed by atoms with Gasteiger partial charge in [0.05, 0.1) is 11.6 Å². The van der Waals surface area contributed by atoms with Crippen LogP contribution in [0.25, 0.3) is 67.2 Å². The Morgan fingerprint density at radius 1 is 0.640 bits per heavy atom. The molecule has 7 aromatic rings. The van der Waals surface area contributed by atoms with Gasteiger partial charge in [-0.25, -0.2) is 15.0 Å². The number of furan rings is 1. The van der Waals surface area contributed by atoms with Crippen LogP contribution in [0.3, 0.4) is 0 Å². The van der Waals surface area contributed by atoms with E-state index < -0.39 is 0 Å². The van der Waals surface area contributed by atoms with Crippen LogP contribution in [-0.4, -0.2) is 15.0 Å². The zero-order chi connectivity index (χ0) is 33.8. The molecule has 5 aromatic carbocycles. The van der Waals surface area contributed by atoms with E-state index in [0.717, 1.165) is 61.9 Å². The second-order valence-corrected chi connectivity index (χ2v) is 14.8. The lowest BCUT2D eigenvalue weighted by Crippen LogP contribution is -2.42. The second kappa shape index (κ2) is 12.1. The van der Waals surface area contributed by atoms with Crippen LogP contribution in [0, 0.1) is 29.1 Å². The fraction of sp³-hybridized carbons (Fsp3) is 0.244. The number of nitriles is 1. The van der Waals surface area contributed by atoms with Crippen molar-refractivity contribution in [1.82, 2.24) is 15.0 Å². The van der Waals surface area contributed by atoms with Crippen molar-refractivity contribution < 1.29 is 4.42 Å². The third-order valence-electron chi connectivity index (χ3n) is 11.1. The lowest BCUT2D eigenvalue weighted by molar-refractivity contribution is 0.0780. The minimum Gasteiger partial charge on any atom is -0.455 e. The summed E-state index contributed by atoms with van der Waals surface area (Å²) in [6.07, 6.45) is 6.60. The third-order valence-corrected chi connectivity index (χ3v) is 11.1. The van der Waals surface area contributed by atoms with Crippen molar-refractivity contribution in [2.45, 2.75) is 51.4 Å². The van der Waals surface area contributed by atoms with Gasteiger partial charge in [0.25, 0.3) is 0 Å². The van der Waals surface area contributed by atoms with E-state index in [9.17, 15) is 5.26 Å². The van der Waals surface area contributed by atoms with Crippen molar-refractivity contribution in [2.75, 3.05) is 0 Å². The van der Waals surface area contributed by atoms with Gasteiger partial charge in [0.2, 0.25) is 0 Å². The van der Waals surface area contributed by atoms with Crippen LogP contribution in [0.15, 0.2) is 120 Å². The summed E-state index contributed by atoms with van der Waals surface area (Å²) < 4.78 is 6.38. The highest BCUT2D eigenvalue weighted by Crippen LogP contribution is 2.54. The zero-order valence-corrected chi connectivity index (χ0v) is 28.4. The van der Waals surface area contributed by atoms with Crippen LogP contribution >= 0.6 is 0 Å². The van der Waals surface area contributed by atoms with Crippen molar-refractivity contribution in [1.29, 1.82) is 5.26 Å². The number of hydrogen-bond acceptors (Lipinski definition) is 5. The molecule has 0 radical (unpaired) electrons. The van der Waals surface area contributed by atoms with Gasteiger partial charge in [0.1, 0.15) is 11.2 Å². The number of para-hydroxylation sites is 1. The molecule has 9 rings (SSSR count). The first-order valence-corrected chi connectivity index (χ1v) is 17.8. The van der Waals surface area contributed by atoms with Gasteiger partial charge in [-0.15, -0.1) is 0 Å². The smallest absolute Gasteiger partial charge is 0.164 e. The number of aromatic nitrogens is 3. The van der Waals surface area contributed by atoms with Crippen molar-refractivity contribution in [3.63, 3.8) is 0 Å². The Kier molecular flexibility index (Phi) is 7.35. The van der Waals surface area contributed by atoms with Crippen LogP contribution < -0.4 is 0 Å². The summed E-state index contributed by atoms with van der Waals surface area (Å²) in [7, 11) is 0. The van der Waals surface area contributed by atoms with E-state index >= 15 is 0 Å². The first kappa shape index (κ1) is 30.5. The van der Waals surface area contributed by atoms with E-state index in [0.29, 0.717) is 28.6 Å².